The second-order valence-corrected chi connectivity index (χ2v) is 6.22. The van der Waals surface area contributed by atoms with Gasteiger partial charge in [0.15, 0.2) is 0 Å². The standard InChI is InChI=1S/C19H17ClFN3O/c1-12-9-13(2)24(23-12)15-6-3-5-14(10-15)22-19(25)11-16-17(20)7-4-8-18(16)21/h3-10H,11H2,1-2H3,(H,22,25). The summed E-state index contributed by atoms with van der Waals surface area (Å²) < 4.78 is 15.6. The summed E-state index contributed by atoms with van der Waals surface area (Å²) >= 11 is 5.97. The van der Waals surface area contributed by atoms with Crippen LogP contribution in [0.2, 0.25) is 5.02 Å². The van der Waals surface area contributed by atoms with Gasteiger partial charge in [0.25, 0.3) is 0 Å². The van der Waals surface area contributed by atoms with E-state index in [2.05, 4.69) is 10.4 Å². The molecular formula is C19H17ClFN3O. The highest BCUT2D eigenvalue weighted by molar-refractivity contribution is 6.31. The maximum absolute atomic E-state index is 13.8. The molecule has 1 aromatic heterocycles. The minimum absolute atomic E-state index is 0.129. The molecule has 3 rings (SSSR count). The summed E-state index contributed by atoms with van der Waals surface area (Å²) in [5.41, 5.74) is 3.56. The summed E-state index contributed by atoms with van der Waals surface area (Å²) in [5, 5.41) is 7.45. The number of anilines is 1. The number of nitrogens with one attached hydrogen (secondary N) is 1. The van der Waals surface area contributed by atoms with Gasteiger partial charge in [-0.15, -0.1) is 0 Å². The smallest absolute Gasteiger partial charge is 0.228 e. The van der Waals surface area contributed by atoms with E-state index in [1.807, 2.05) is 38.1 Å². The van der Waals surface area contributed by atoms with Crippen LogP contribution in [0.3, 0.4) is 0 Å². The van der Waals surface area contributed by atoms with Crippen molar-refractivity contribution in [3.05, 3.63) is 76.3 Å². The molecule has 0 aliphatic rings. The number of aromatic nitrogens is 2. The van der Waals surface area contributed by atoms with E-state index in [0.717, 1.165) is 17.1 Å². The van der Waals surface area contributed by atoms with Gasteiger partial charge in [-0.3, -0.25) is 4.79 Å². The van der Waals surface area contributed by atoms with Crippen molar-refractivity contribution in [3.8, 4) is 5.69 Å². The first kappa shape index (κ1) is 17.2. The number of nitrogens with zero attached hydrogens (tertiary/aromatic N) is 2. The van der Waals surface area contributed by atoms with Crippen molar-refractivity contribution in [3.63, 3.8) is 0 Å². The Labute approximate surface area is 150 Å². The molecule has 0 aliphatic carbocycles. The summed E-state index contributed by atoms with van der Waals surface area (Å²) in [7, 11) is 0. The van der Waals surface area contributed by atoms with E-state index in [1.165, 1.54) is 12.1 Å². The highest BCUT2D eigenvalue weighted by Crippen LogP contribution is 2.21. The van der Waals surface area contributed by atoms with E-state index >= 15 is 0 Å². The Kier molecular flexibility index (Phi) is 4.86. The van der Waals surface area contributed by atoms with Crippen LogP contribution in [0.4, 0.5) is 10.1 Å². The molecule has 128 valence electrons. The van der Waals surface area contributed by atoms with Crippen LogP contribution in [0.25, 0.3) is 5.69 Å². The van der Waals surface area contributed by atoms with E-state index in [0.29, 0.717) is 5.69 Å². The Morgan fingerprint density at radius 1 is 1.20 bits per heavy atom. The Bertz CT molecular complexity index is 916. The minimum atomic E-state index is -0.487. The van der Waals surface area contributed by atoms with Crippen molar-refractivity contribution in [1.29, 1.82) is 0 Å². The molecule has 2 aromatic carbocycles. The van der Waals surface area contributed by atoms with Gasteiger partial charge in [0.05, 0.1) is 17.8 Å². The quantitative estimate of drug-likeness (QED) is 0.749. The fraction of sp³-hybridized carbons (Fsp3) is 0.158. The largest absolute Gasteiger partial charge is 0.326 e. The van der Waals surface area contributed by atoms with Gasteiger partial charge in [-0.1, -0.05) is 23.7 Å². The van der Waals surface area contributed by atoms with E-state index in [4.69, 9.17) is 11.6 Å². The predicted molar refractivity (Wildman–Crippen MR) is 96.8 cm³/mol. The number of carbonyl (C=O) groups excluding carboxylic acids is 1. The van der Waals surface area contributed by atoms with Crippen LogP contribution in [0.1, 0.15) is 17.0 Å². The number of benzene rings is 2. The molecule has 1 N–H and O–H groups in total. The molecule has 0 spiro atoms. The highest BCUT2D eigenvalue weighted by Gasteiger charge is 2.12. The number of rotatable bonds is 4. The van der Waals surface area contributed by atoms with Crippen molar-refractivity contribution in [2.24, 2.45) is 0 Å². The lowest BCUT2D eigenvalue weighted by Gasteiger charge is -2.10. The number of halogens is 2. The molecule has 0 aliphatic heterocycles. The predicted octanol–water partition coefficient (Wildman–Crippen LogP) is 4.46. The van der Waals surface area contributed by atoms with E-state index in [1.54, 1.807) is 16.8 Å². The second-order valence-electron chi connectivity index (χ2n) is 5.81. The number of aryl methyl sites for hydroxylation is 2. The van der Waals surface area contributed by atoms with Gasteiger partial charge >= 0.3 is 0 Å². The third kappa shape index (κ3) is 3.88. The maximum Gasteiger partial charge on any atom is 0.228 e. The molecule has 1 heterocycles. The molecule has 0 unspecified atom stereocenters. The van der Waals surface area contributed by atoms with Crippen LogP contribution in [-0.4, -0.2) is 15.7 Å². The molecule has 0 saturated carbocycles. The monoisotopic (exact) mass is 357 g/mol. The molecule has 6 heteroatoms. The zero-order valence-electron chi connectivity index (χ0n) is 13.9. The Balaban J connectivity index is 1.78. The van der Waals surface area contributed by atoms with Crippen LogP contribution < -0.4 is 5.32 Å². The lowest BCUT2D eigenvalue weighted by atomic mass is 10.1. The van der Waals surface area contributed by atoms with E-state index in [9.17, 15) is 9.18 Å². The number of amides is 1. The fourth-order valence-electron chi connectivity index (χ4n) is 2.67. The van der Waals surface area contributed by atoms with Gasteiger partial charge in [0.2, 0.25) is 5.91 Å². The molecule has 0 radical (unpaired) electrons. The van der Waals surface area contributed by atoms with Crippen molar-refractivity contribution in [1.82, 2.24) is 9.78 Å². The summed E-state index contributed by atoms with van der Waals surface area (Å²) in [6, 6.07) is 13.7. The average molecular weight is 358 g/mol. The lowest BCUT2D eigenvalue weighted by molar-refractivity contribution is -0.115. The Morgan fingerprint density at radius 2 is 1.96 bits per heavy atom. The molecule has 0 saturated heterocycles. The molecule has 0 bridgehead atoms. The lowest BCUT2D eigenvalue weighted by Crippen LogP contribution is -2.15. The van der Waals surface area contributed by atoms with E-state index in [-0.39, 0.29) is 22.9 Å². The van der Waals surface area contributed by atoms with Crippen LogP contribution in [0, 0.1) is 19.7 Å². The Morgan fingerprint density at radius 3 is 2.64 bits per heavy atom. The molecule has 0 fully saturated rings. The highest BCUT2D eigenvalue weighted by atomic mass is 35.5. The molecule has 4 nitrogen and oxygen atoms in total. The van der Waals surface area contributed by atoms with Gasteiger partial charge in [0, 0.05) is 22.0 Å². The van der Waals surface area contributed by atoms with E-state index < -0.39 is 5.82 Å². The third-order valence-electron chi connectivity index (χ3n) is 3.78. The average Bonchev–Trinajstić information content (AvgIpc) is 2.90. The van der Waals surface area contributed by atoms with Crippen molar-refractivity contribution in [2.75, 3.05) is 5.32 Å². The first-order chi connectivity index (χ1) is 11.9. The molecule has 25 heavy (non-hydrogen) atoms. The summed E-state index contributed by atoms with van der Waals surface area (Å²) in [4.78, 5) is 12.2. The first-order valence-electron chi connectivity index (χ1n) is 7.80. The van der Waals surface area contributed by atoms with Gasteiger partial charge in [-0.05, 0) is 50.2 Å². The molecule has 1 amide bonds. The topological polar surface area (TPSA) is 46.9 Å². The maximum atomic E-state index is 13.8. The summed E-state index contributed by atoms with van der Waals surface area (Å²) in [5.74, 6) is -0.823. The Hall–Kier alpha value is -2.66. The number of hydrogen-bond donors (Lipinski definition) is 1. The van der Waals surface area contributed by atoms with Crippen LogP contribution in [0.5, 0.6) is 0 Å². The van der Waals surface area contributed by atoms with Crippen LogP contribution >= 0.6 is 11.6 Å². The number of hydrogen-bond acceptors (Lipinski definition) is 2. The van der Waals surface area contributed by atoms with Gasteiger partial charge < -0.3 is 5.32 Å². The van der Waals surface area contributed by atoms with Gasteiger partial charge in [-0.25, -0.2) is 9.07 Å². The molecule has 0 atom stereocenters. The van der Waals surface area contributed by atoms with Crippen molar-refractivity contribution in [2.45, 2.75) is 20.3 Å². The second kappa shape index (κ2) is 7.07. The SMILES string of the molecule is Cc1cc(C)n(-c2cccc(NC(=O)Cc3c(F)cccc3Cl)c2)n1. The van der Waals surface area contributed by atoms with Crippen LogP contribution in [-0.2, 0) is 11.2 Å². The zero-order valence-corrected chi connectivity index (χ0v) is 14.6. The first-order valence-corrected chi connectivity index (χ1v) is 8.18. The molecular weight excluding hydrogens is 341 g/mol. The third-order valence-corrected chi connectivity index (χ3v) is 4.14. The van der Waals surface area contributed by atoms with Gasteiger partial charge in [0.1, 0.15) is 5.82 Å². The molecule has 3 aromatic rings. The fourth-order valence-corrected chi connectivity index (χ4v) is 2.90. The van der Waals surface area contributed by atoms with Crippen LogP contribution in [0.15, 0.2) is 48.5 Å². The van der Waals surface area contributed by atoms with Gasteiger partial charge in [-0.2, -0.15) is 5.10 Å². The normalized spacial score (nSPS) is 10.7. The number of carbonyl (C=O) groups is 1. The zero-order chi connectivity index (χ0) is 18.0. The van der Waals surface area contributed by atoms with Crippen molar-refractivity contribution < 1.29 is 9.18 Å². The summed E-state index contributed by atoms with van der Waals surface area (Å²) in [6.45, 7) is 3.89. The minimum Gasteiger partial charge on any atom is -0.326 e. The summed E-state index contributed by atoms with van der Waals surface area (Å²) in [6.07, 6.45) is -0.129. The van der Waals surface area contributed by atoms with Crippen molar-refractivity contribution >= 4 is 23.2 Å².